The lowest BCUT2D eigenvalue weighted by Crippen LogP contribution is -2.66. The Morgan fingerprint density at radius 2 is 1.57 bits per heavy atom. The zero-order chi connectivity index (χ0) is 22.3. The molecule has 7 N–H and O–H groups in total. The lowest BCUT2D eigenvalue weighted by Gasteiger charge is -2.32. The molecule has 0 aliphatic heterocycles. The summed E-state index contributed by atoms with van der Waals surface area (Å²) in [4.78, 5) is 24.1. The van der Waals surface area contributed by atoms with Gasteiger partial charge in [-0.05, 0) is 48.9 Å². The molecule has 2 aromatic carbocycles. The highest BCUT2D eigenvalue weighted by Gasteiger charge is 2.44. The molecule has 0 saturated carbocycles. The minimum atomic E-state index is -3.13. The van der Waals surface area contributed by atoms with Crippen molar-refractivity contribution in [2.75, 3.05) is 0 Å². The average molecular weight is 416 g/mol. The molecule has 2 rings (SSSR count). The smallest absolute Gasteiger partial charge is 0.268 e. The Labute approximate surface area is 172 Å². The standard InChI is InChI=1S/C21H22F2N4O3/c1-21(25,20(22)23)17(19(29)27-30)26-18(28)16-10-8-14(9-11-16)3-2-13-4-6-15(12-24)7-5-13/h4-11,17,20,30H,12,24-25H2,1H3,(H,26,28)(H,27,29)/t17-,21?/m1/s1. The van der Waals surface area contributed by atoms with Gasteiger partial charge in [-0.15, -0.1) is 0 Å². The van der Waals surface area contributed by atoms with E-state index in [1.54, 1.807) is 12.1 Å². The van der Waals surface area contributed by atoms with E-state index in [9.17, 15) is 18.4 Å². The maximum Gasteiger partial charge on any atom is 0.268 e. The first-order valence-corrected chi connectivity index (χ1v) is 8.92. The van der Waals surface area contributed by atoms with Crippen LogP contribution in [-0.2, 0) is 11.3 Å². The largest absolute Gasteiger partial charge is 0.338 e. The molecule has 0 bridgehead atoms. The molecule has 0 spiro atoms. The third-order valence-corrected chi connectivity index (χ3v) is 4.43. The highest BCUT2D eigenvalue weighted by Crippen LogP contribution is 2.18. The van der Waals surface area contributed by atoms with Gasteiger partial charge in [0.1, 0.15) is 11.6 Å². The quantitative estimate of drug-likeness (QED) is 0.274. The van der Waals surface area contributed by atoms with Crippen LogP contribution in [0.1, 0.15) is 34.0 Å². The number of rotatable bonds is 6. The summed E-state index contributed by atoms with van der Waals surface area (Å²) in [5, 5.41) is 10.9. The SMILES string of the molecule is CC(N)(C(F)F)[C@H](NC(=O)c1ccc(C#Cc2ccc(CN)cc2)cc1)C(=O)NO. The third kappa shape index (κ3) is 5.61. The molecule has 0 radical (unpaired) electrons. The molecule has 30 heavy (non-hydrogen) atoms. The normalized spacial score (nSPS) is 13.6. The van der Waals surface area contributed by atoms with E-state index < -0.39 is 29.8 Å². The molecule has 1 unspecified atom stereocenters. The molecule has 0 aliphatic rings. The van der Waals surface area contributed by atoms with Gasteiger partial charge >= 0.3 is 0 Å². The topological polar surface area (TPSA) is 130 Å². The van der Waals surface area contributed by atoms with Crippen molar-refractivity contribution in [3.8, 4) is 11.8 Å². The number of benzene rings is 2. The average Bonchev–Trinajstić information content (AvgIpc) is 2.75. The fourth-order valence-corrected chi connectivity index (χ4v) is 2.48. The Morgan fingerprint density at radius 1 is 1.07 bits per heavy atom. The summed E-state index contributed by atoms with van der Waals surface area (Å²) < 4.78 is 26.3. The van der Waals surface area contributed by atoms with Crippen molar-refractivity contribution in [3.63, 3.8) is 0 Å². The number of carbonyl (C=O) groups excluding carboxylic acids is 2. The molecule has 0 saturated heterocycles. The van der Waals surface area contributed by atoms with Crippen molar-refractivity contribution in [2.24, 2.45) is 11.5 Å². The summed E-state index contributed by atoms with van der Waals surface area (Å²) in [6, 6.07) is 11.6. The first kappa shape index (κ1) is 23.0. The lowest BCUT2D eigenvalue weighted by molar-refractivity contribution is -0.134. The number of nitrogens with one attached hydrogen (secondary N) is 2. The maximum absolute atomic E-state index is 13.2. The Balaban J connectivity index is 2.14. The maximum atomic E-state index is 13.2. The van der Waals surface area contributed by atoms with E-state index in [1.165, 1.54) is 17.6 Å². The van der Waals surface area contributed by atoms with Crippen LogP contribution in [0.5, 0.6) is 0 Å². The van der Waals surface area contributed by atoms with Crippen LogP contribution in [-0.4, -0.2) is 35.0 Å². The van der Waals surface area contributed by atoms with E-state index in [4.69, 9.17) is 16.7 Å². The van der Waals surface area contributed by atoms with Gasteiger partial charge in [-0.1, -0.05) is 24.0 Å². The second kappa shape index (κ2) is 9.93. The Hall–Kier alpha value is -3.32. The molecule has 9 heteroatoms. The van der Waals surface area contributed by atoms with Crippen LogP contribution >= 0.6 is 0 Å². The fourth-order valence-electron chi connectivity index (χ4n) is 2.48. The molecular weight excluding hydrogens is 394 g/mol. The second-order valence-electron chi connectivity index (χ2n) is 6.78. The summed E-state index contributed by atoms with van der Waals surface area (Å²) in [7, 11) is 0. The van der Waals surface area contributed by atoms with E-state index in [0.717, 1.165) is 18.1 Å². The highest BCUT2D eigenvalue weighted by molar-refractivity contribution is 5.98. The van der Waals surface area contributed by atoms with Gasteiger partial charge in [-0.2, -0.15) is 0 Å². The van der Waals surface area contributed by atoms with Crippen LogP contribution < -0.4 is 22.3 Å². The lowest BCUT2D eigenvalue weighted by atomic mass is 9.92. The number of hydrogen-bond donors (Lipinski definition) is 5. The monoisotopic (exact) mass is 416 g/mol. The minimum absolute atomic E-state index is 0.105. The molecule has 2 aromatic rings. The molecule has 2 amide bonds. The van der Waals surface area contributed by atoms with Gasteiger partial charge in [0, 0.05) is 23.2 Å². The van der Waals surface area contributed by atoms with Crippen molar-refractivity contribution >= 4 is 11.8 Å². The summed E-state index contributed by atoms with van der Waals surface area (Å²) in [5.74, 6) is 3.86. The Morgan fingerprint density at radius 3 is 2.00 bits per heavy atom. The second-order valence-corrected chi connectivity index (χ2v) is 6.78. The predicted octanol–water partition coefficient (Wildman–Crippen LogP) is 1.13. The van der Waals surface area contributed by atoms with Crippen LogP contribution in [0.2, 0.25) is 0 Å². The van der Waals surface area contributed by atoms with E-state index in [-0.39, 0.29) is 5.56 Å². The van der Waals surface area contributed by atoms with Crippen LogP contribution in [0.25, 0.3) is 0 Å². The summed E-state index contributed by atoms with van der Waals surface area (Å²) >= 11 is 0. The summed E-state index contributed by atoms with van der Waals surface area (Å²) in [5.41, 5.74) is 12.4. The van der Waals surface area contributed by atoms with Crippen LogP contribution in [0.15, 0.2) is 48.5 Å². The van der Waals surface area contributed by atoms with E-state index in [1.807, 2.05) is 24.3 Å². The fraction of sp³-hybridized carbons (Fsp3) is 0.238. The van der Waals surface area contributed by atoms with Crippen molar-refractivity contribution < 1.29 is 23.6 Å². The van der Waals surface area contributed by atoms with Gasteiger partial charge in [0.15, 0.2) is 0 Å². The van der Waals surface area contributed by atoms with Crippen molar-refractivity contribution in [3.05, 3.63) is 70.8 Å². The van der Waals surface area contributed by atoms with E-state index in [2.05, 4.69) is 17.2 Å². The van der Waals surface area contributed by atoms with Gasteiger partial charge in [0.2, 0.25) is 0 Å². The minimum Gasteiger partial charge on any atom is -0.338 e. The Bertz CT molecular complexity index is 949. The van der Waals surface area contributed by atoms with Gasteiger partial charge in [0.05, 0.1) is 0 Å². The molecule has 158 valence electrons. The van der Waals surface area contributed by atoms with Crippen molar-refractivity contribution in [2.45, 2.75) is 31.5 Å². The van der Waals surface area contributed by atoms with Crippen molar-refractivity contribution in [1.29, 1.82) is 0 Å². The van der Waals surface area contributed by atoms with Gasteiger partial charge in [-0.25, -0.2) is 14.3 Å². The number of alkyl halides is 2. The molecule has 0 heterocycles. The Kier molecular flexibility index (Phi) is 7.60. The molecule has 0 aromatic heterocycles. The van der Waals surface area contributed by atoms with Gasteiger partial charge < -0.3 is 16.8 Å². The predicted molar refractivity (Wildman–Crippen MR) is 107 cm³/mol. The summed E-state index contributed by atoms with van der Waals surface area (Å²) in [6.07, 6.45) is -3.13. The molecule has 0 fully saturated rings. The molecule has 0 aliphatic carbocycles. The van der Waals surface area contributed by atoms with Crippen LogP contribution in [0, 0.1) is 11.8 Å². The van der Waals surface area contributed by atoms with Gasteiger partial charge in [-0.3, -0.25) is 14.8 Å². The first-order chi connectivity index (χ1) is 14.2. The van der Waals surface area contributed by atoms with E-state index >= 15 is 0 Å². The van der Waals surface area contributed by atoms with Gasteiger partial charge in [0.25, 0.3) is 18.2 Å². The first-order valence-electron chi connectivity index (χ1n) is 8.92. The summed E-state index contributed by atoms with van der Waals surface area (Å²) in [6.45, 7) is 1.34. The van der Waals surface area contributed by atoms with Crippen molar-refractivity contribution in [1.82, 2.24) is 10.8 Å². The third-order valence-electron chi connectivity index (χ3n) is 4.43. The molecule has 2 atom stereocenters. The zero-order valence-corrected chi connectivity index (χ0v) is 16.2. The number of hydrogen-bond acceptors (Lipinski definition) is 5. The number of hydroxylamine groups is 1. The number of nitrogens with two attached hydrogens (primary N) is 2. The molecular formula is C21H22F2N4O3. The number of amides is 2. The zero-order valence-electron chi connectivity index (χ0n) is 16.2. The molecule has 7 nitrogen and oxygen atoms in total. The van der Waals surface area contributed by atoms with Crippen LogP contribution in [0.4, 0.5) is 8.78 Å². The number of halogens is 2. The van der Waals surface area contributed by atoms with E-state index in [0.29, 0.717) is 12.1 Å². The number of carbonyl (C=O) groups is 2. The highest BCUT2D eigenvalue weighted by atomic mass is 19.3. The van der Waals surface area contributed by atoms with Crippen LogP contribution in [0.3, 0.4) is 0 Å².